The van der Waals surface area contributed by atoms with E-state index >= 15 is 0 Å². The van der Waals surface area contributed by atoms with Crippen LogP contribution in [0.15, 0.2) is 0 Å². The Morgan fingerprint density at radius 1 is 1.60 bits per heavy atom. The molecule has 0 N–H and O–H groups in total. The van der Waals surface area contributed by atoms with E-state index in [0.717, 1.165) is 24.7 Å². The zero-order chi connectivity index (χ0) is 7.82. The van der Waals surface area contributed by atoms with Crippen LogP contribution in [0, 0.1) is 0 Å². The van der Waals surface area contributed by atoms with E-state index in [-0.39, 0.29) is 0 Å². The lowest BCUT2D eigenvalue weighted by Crippen LogP contribution is -2.05. The van der Waals surface area contributed by atoms with Gasteiger partial charge in [0.2, 0.25) is 0 Å². The van der Waals surface area contributed by atoms with E-state index in [2.05, 4.69) is 6.92 Å². The van der Waals surface area contributed by atoms with Gasteiger partial charge in [0.15, 0.2) is 0 Å². The Balaban J connectivity index is 2.97. The summed E-state index contributed by atoms with van der Waals surface area (Å²) in [7, 11) is 1.73. The molecule has 3 heteroatoms. The highest BCUT2D eigenvalue weighted by molar-refractivity contribution is 7.99. The number of methoxy groups -OCH3 is 1. The molecule has 0 amide bonds. The van der Waals surface area contributed by atoms with Crippen molar-refractivity contribution in [2.24, 2.45) is 0 Å². The van der Waals surface area contributed by atoms with Crippen LogP contribution in [0.2, 0.25) is 0 Å². The van der Waals surface area contributed by atoms with Crippen LogP contribution < -0.4 is 0 Å². The Hall–Kier alpha value is 0.600. The number of ether oxygens (including phenoxy) is 1. The lowest BCUT2D eigenvalue weighted by Gasteiger charge is -2.07. The molecule has 0 aromatic heterocycles. The summed E-state index contributed by atoms with van der Waals surface area (Å²) >= 11 is 7.43. The van der Waals surface area contributed by atoms with Crippen LogP contribution in [-0.2, 0) is 4.74 Å². The molecule has 1 nitrogen and oxygen atoms in total. The predicted molar refractivity (Wildman–Crippen MR) is 49.1 cm³/mol. The summed E-state index contributed by atoms with van der Waals surface area (Å²) in [6.07, 6.45) is 1.10. The minimum Gasteiger partial charge on any atom is -0.384 e. The Morgan fingerprint density at radius 2 is 2.30 bits per heavy atom. The lowest BCUT2D eigenvalue weighted by atomic mass is 10.5. The highest BCUT2D eigenvalue weighted by Crippen LogP contribution is 2.11. The maximum Gasteiger partial charge on any atom is 0.0578 e. The van der Waals surface area contributed by atoms with Gasteiger partial charge in [-0.05, 0) is 12.2 Å². The van der Waals surface area contributed by atoms with E-state index in [9.17, 15) is 0 Å². The fraction of sp³-hybridized carbons (Fsp3) is 1.00. The van der Waals surface area contributed by atoms with Crippen LogP contribution in [0.1, 0.15) is 13.3 Å². The smallest absolute Gasteiger partial charge is 0.0578 e. The Bertz CT molecular complexity index is 70.6. The maximum absolute atomic E-state index is 5.52. The van der Waals surface area contributed by atoms with E-state index < -0.39 is 0 Å². The highest BCUT2D eigenvalue weighted by atomic mass is 35.5. The molecule has 0 aliphatic heterocycles. The van der Waals surface area contributed by atoms with Gasteiger partial charge >= 0.3 is 0 Å². The first-order chi connectivity index (χ1) is 4.81. The third-order valence-corrected chi connectivity index (χ3v) is 2.58. The van der Waals surface area contributed by atoms with Crippen molar-refractivity contribution in [3.63, 3.8) is 0 Å². The Labute approximate surface area is 72.5 Å². The molecular formula is C7H15ClOS. The molecule has 0 heterocycles. The maximum atomic E-state index is 5.52. The molecular weight excluding hydrogens is 168 g/mol. The molecule has 0 spiro atoms. The van der Waals surface area contributed by atoms with Crippen LogP contribution in [0.3, 0.4) is 0 Å². The van der Waals surface area contributed by atoms with Gasteiger partial charge in [-0.25, -0.2) is 0 Å². The summed E-state index contributed by atoms with van der Waals surface area (Å²) < 4.78 is 4.98. The van der Waals surface area contributed by atoms with Crippen molar-refractivity contribution in [2.45, 2.75) is 18.6 Å². The van der Waals surface area contributed by atoms with E-state index in [0.29, 0.717) is 5.25 Å². The van der Waals surface area contributed by atoms with Gasteiger partial charge in [-0.2, -0.15) is 11.8 Å². The van der Waals surface area contributed by atoms with Crippen molar-refractivity contribution in [1.29, 1.82) is 0 Å². The van der Waals surface area contributed by atoms with Crippen molar-refractivity contribution >= 4 is 23.4 Å². The molecule has 0 fully saturated rings. The van der Waals surface area contributed by atoms with Gasteiger partial charge < -0.3 is 4.74 Å². The first-order valence-corrected chi connectivity index (χ1v) is 5.06. The molecule has 0 aliphatic carbocycles. The average Bonchev–Trinajstić information content (AvgIpc) is 1.89. The highest BCUT2D eigenvalue weighted by Gasteiger charge is 1.99. The molecule has 0 aromatic rings. The molecule has 62 valence electrons. The second-order valence-electron chi connectivity index (χ2n) is 2.18. The summed E-state index contributed by atoms with van der Waals surface area (Å²) in [5.74, 6) is 1.92. The zero-order valence-electron chi connectivity index (χ0n) is 6.60. The first-order valence-electron chi connectivity index (χ1n) is 3.47. The third kappa shape index (κ3) is 6.72. The van der Waals surface area contributed by atoms with Crippen LogP contribution in [-0.4, -0.2) is 30.6 Å². The number of thioether (sulfide) groups is 1. The van der Waals surface area contributed by atoms with E-state index in [1.54, 1.807) is 7.11 Å². The average molecular weight is 183 g/mol. The van der Waals surface area contributed by atoms with E-state index in [1.807, 2.05) is 11.8 Å². The van der Waals surface area contributed by atoms with Crippen LogP contribution >= 0.6 is 23.4 Å². The second-order valence-corrected chi connectivity index (χ2v) is 4.10. The molecule has 0 rings (SSSR count). The van der Waals surface area contributed by atoms with Crippen LogP contribution in [0.25, 0.3) is 0 Å². The van der Waals surface area contributed by atoms with Gasteiger partial charge in [0.1, 0.15) is 0 Å². The second kappa shape index (κ2) is 7.70. The SMILES string of the molecule is COCC(C)SCCCCl. The fourth-order valence-electron chi connectivity index (χ4n) is 0.622. The van der Waals surface area contributed by atoms with Gasteiger partial charge in [-0.3, -0.25) is 0 Å². The summed E-state index contributed by atoms with van der Waals surface area (Å²) in [6, 6.07) is 0. The van der Waals surface area contributed by atoms with E-state index in [4.69, 9.17) is 16.3 Å². The number of hydrogen-bond donors (Lipinski definition) is 0. The normalized spacial score (nSPS) is 13.5. The number of hydrogen-bond acceptors (Lipinski definition) is 2. The molecule has 10 heavy (non-hydrogen) atoms. The Kier molecular flexibility index (Phi) is 8.17. The Morgan fingerprint density at radius 3 is 2.80 bits per heavy atom. The van der Waals surface area contributed by atoms with Crippen LogP contribution in [0.5, 0.6) is 0 Å². The topological polar surface area (TPSA) is 9.23 Å². The summed E-state index contributed by atoms with van der Waals surface area (Å²) in [6.45, 7) is 3.01. The van der Waals surface area contributed by atoms with E-state index in [1.165, 1.54) is 0 Å². The molecule has 0 aromatic carbocycles. The largest absolute Gasteiger partial charge is 0.384 e. The molecule has 1 atom stereocenters. The molecule has 0 radical (unpaired) electrons. The lowest BCUT2D eigenvalue weighted by molar-refractivity contribution is 0.203. The predicted octanol–water partition coefficient (Wildman–Crippen LogP) is 2.38. The molecule has 0 aliphatic rings. The van der Waals surface area contributed by atoms with Crippen molar-refractivity contribution in [1.82, 2.24) is 0 Å². The molecule has 0 saturated heterocycles. The van der Waals surface area contributed by atoms with Gasteiger partial charge in [-0.15, -0.1) is 11.6 Å². The molecule has 1 unspecified atom stereocenters. The zero-order valence-corrected chi connectivity index (χ0v) is 8.17. The third-order valence-electron chi connectivity index (χ3n) is 1.08. The molecule has 0 saturated carbocycles. The van der Waals surface area contributed by atoms with Crippen LogP contribution in [0.4, 0.5) is 0 Å². The van der Waals surface area contributed by atoms with Gasteiger partial charge in [-0.1, -0.05) is 6.92 Å². The van der Waals surface area contributed by atoms with Gasteiger partial charge in [0, 0.05) is 18.2 Å². The van der Waals surface area contributed by atoms with Crippen molar-refractivity contribution in [3.8, 4) is 0 Å². The van der Waals surface area contributed by atoms with Crippen molar-refractivity contribution in [2.75, 3.05) is 25.3 Å². The minimum absolute atomic E-state index is 0.605. The van der Waals surface area contributed by atoms with Crippen molar-refractivity contribution in [3.05, 3.63) is 0 Å². The fourth-order valence-corrected chi connectivity index (χ4v) is 1.86. The monoisotopic (exact) mass is 182 g/mol. The quantitative estimate of drug-likeness (QED) is 0.461. The number of rotatable bonds is 6. The summed E-state index contributed by atoms with van der Waals surface area (Å²) in [4.78, 5) is 0. The van der Waals surface area contributed by atoms with Crippen molar-refractivity contribution < 1.29 is 4.74 Å². The summed E-state index contributed by atoms with van der Waals surface area (Å²) in [5, 5.41) is 0.605. The van der Waals surface area contributed by atoms with Gasteiger partial charge in [0.25, 0.3) is 0 Å². The van der Waals surface area contributed by atoms with Gasteiger partial charge in [0.05, 0.1) is 6.61 Å². The molecule has 0 bridgehead atoms. The minimum atomic E-state index is 0.605. The number of halogens is 1. The standard InChI is InChI=1S/C7H15ClOS/c1-7(6-9-2)10-5-3-4-8/h7H,3-6H2,1-2H3. The summed E-state index contributed by atoms with van der Waals surface area (Å²) in [5.41, 5.74) is 0. The number of alkyl halides is 1. The first kappa shape index (κ1) is 10.6.